The van der Waals surface area contributed by atoms with Crippen molar-refractivity contribution in [2.24, 2.45) is 0 Å². The van der Waals surface area contributed by atoms with Crippen molar-refractivity contribution in [3.05, 3.63) is 75.8 Å². The number of non-ortho nitro benzene ring substituents is 1. The summed E-state index contributed by atoms with van der Waals surface area (Å²) in [5.74, 6) is -0.232. The Kier molecular flexibility index (Phi) is 4.63. The van der Waals surface area contributed by atoms with Crippen LogP contribution in [0.5, 0.6) is 0 Å². The highest BCUT2D eigenvalue weighted by Crippen LogP contribution is 2.16. The molecule has 0 radical (unpaired) electrons. The fraction of sp³-hybridized carbons (Fsp3) is 0.133. The van der Waals surface area contributed by atoms with Crippen LogP contribution < -0.4 is 10.9 Å². The summed E-state index contributed by atoms with van der Waals surface area (Å²) in [6.07, 6.45) is 0. The quantitative estimate of drug-likeness (QED) is 0.653. The summed E-state index contributed by atoms with van der Waals surface area (Å²) in [6, 6.07) is 14.9. The summed E-state index contributed by atoms with van der Waals surface area (Å²) < 4.78 is 0. The smallest absolute Gasteiger partial charge is 0.269 e. The van der Waals surface area contributed by atoms with E-state index in [-0.39, 0.29) is 17.6 Å². The SMILES string of the molecule is C[C@H](NNC(=O)c1ccccc1)c1ccc([N+](=O)[O-])cc1. The van der Waals surface area contributed by atoms with Gasteiger partial charge in [-0.15, -0.1) is 0 Å². The van der Waals surface area contributed by atoms with Gasteiger partial charge in [-0.1, -0.05) is 30.3 Å². The van der Waals surface area contributed by atoms with Crippen LogP contribution in [0.3, 0.4) is 0 Å². The second-order valence-electron chi connectivity index (χ2n) is 4.53. The lowest BCUT2D eigenvalue weighted by Gasteiger charge is -2.15. The monoisotopic (exact) mass is 285 g/mol. The topological polar surface area (TPSA) is 84.3 Å². The van der Waals surface area contributed by atoms with Gasteiger partial charge in [0.15, 0.2) is 0 Å². The molecule has 2 aromatic carbocycles. The van der Waals surface area contributed by atoms with Crippen molar-refractivity contribution in [1.29, 1.82) is 0 Å². The largest absolute Gasteiger partial charge is 0.287 e. The van der Waals surface area contributed by atoms with Crippen molar-refractivity contribution >= 4 is 11.6 Å². The van der Waals surface area contributed by atoms with E-state index in [1.54, 1.807) is 36.4 Å². The molecular formula is C15H15N3O3. The molecule has 108 valence electrons. The van der Waals surface area contributed by atoms with E-state index >= 15 is 0 Å². The average molecular weight is 285 g/mol. The van der Waals surface area contributed by atoms with Crippen LogP contribution in [0.1, 0.15) is 28.9 Å². The van der Waals surface area contributed by atoms with Crippen LogP contribution in [0.25, 0.3) is 0 Å². The summed E-state index contributed by atoms with van der Waals surface area (Å²) in [5, 5.41) is 10.6. The van der Waals surface area contributed by atoms with Gasteiger partial charge < -0.3 is 0 Å². The molecular weight excluding hydrogens is 270 g/mol. The zero-order valence-corrected chi connectivity index (χ0v) is 11.4. The van der Waals surface area contributed by atoms with Gasteiger partial charge >= 0.3 is 0 Å². The van der Waals surface area contributed by atoms with E-state index in [0.717, 1.165) is 5.56 Å². The van der Waals surface area contributed by atoms with Gasteiger partial charge in [-0.25, -0.2) is 5.43 Å². The molecule has 0 aliphatic rings. The number of amides is 1. The Balaban J connectivity index is 1.94. The van der Waals surface area contributed by atoms with Gasteiger partial charge in [-0.05, 0) is 24.6 Å². The molecule has 6 heteroatoms. The Morgan fingerprint density at radius 1 is 1.10 bits per heavy atom. The molecule has 0 fully saturated rings. The maximum absolute atomic E-state index is 11.9. The number of hydrogen-bond donors (Lipinski definition) is 2. The second-order valence-corrected chi connectivity index (χ2v) is 4.53. The van der Waals surface area contributed by atoms with Crippen molar-refractivity contribution in [3.63, 3.8) is 0 Å². The highest BCUT2D eigenvalue weighted by molar-refractivity contribution is 5.93. The summed E-state index contributed by atoms with van der Waals surface area (Å²) in [7, 11) is 0. The van der Waals surface area contributed by atoms with Crippen molar-refractivity contribution in [1.82, 2.24) is 10.9 Å². The number of nitro benzene ring substituents is 1. The van der Waals surface area contributed by atoms with Crippen LogP contribution in [0.4, 0.5) is 5.69 Å². The number of hydrogen-bond acceptors (Lipinski definition) is 4. The zero-order chi connectivity index (χ0) is 15.2. The van der Waals surface area contributed by atoms with E-state index < -0.39 is 4.92 Å². The Hall–Kier alpha value is -2.73. The lowest BCUT2D eigenvalue weighted by atomic mass is 10.1. The predicted molar refractivity (Wildman–Crippen MR) is 78.6 cm³/mol. The molecule has 0 bridgehead atoms. The maximum Gasteiger partial charge on any atom is 0.269 e. The molecule has 0 aromatic heterocycles. The lowest BCUT2D eigenvalue weighted by Crippen LogP contribution is -2.39. The molecule has 2 N–H and O–H groups in total. The van der Waals surface area contributed by atoms with Gasteiger partial charge in [0.25, 0.3) is 11.6 Å². The third-order valence-electron chi connectivity index (χ3n) is 3.04. The second kappa shape index (κ2) is 6.62. The number of nitro groups is 1. The Labute approximate surface area is 121 Å². The summed E-state index contributed by atoms with van der Waals surface area (Å²) >= 11 is 0. The average Bonchev–Trinajstić information content (AvgIpc) is 2.53. The molecule has 0 saturated carbocycles. The van der Waals surface area contributed by atoms with Gasteiger partial charge in [0.2, 0.25) is 0 Å². The molecule has 0 unspecified atom stereocenters. The molecule has 1 amide bonds. The van der Waals surface area contributed by atoms with E-state index in [4.69, 9.17) is 0 Å². The van der Waals surface area contributed by atoms with E-state index in [1.807, 2.05) is 13.0 Å². The summed E-state index contributed by atoms with van der Waals surface area (Å²) in [6.45, 7) is 1.85. The summed E-state index contributed by atoms with van der Waals surface area (Å²) in [5.41, 5.74) is 6.93. The van der Waals surface area contributed by atoms with Crippen molar-refractivity contribution in [2.75, 3.05) is 0 Å². The number of hydrazine groups is 1. The van der Waals surface area contributed by atoms with Gasteiger partial charge in [0, 0.05) is 23.7 Å². The highest BCUT2D eigenvalue weighted by Gasteiger charge is 2.10. The number of carbonyl (C=O) groups is 1. The normalized spacial score (nSPS) is 11.7. The van der Waals surface area contributed by atoms with E-state index in [1.165, 1.54) is 12.1 Å². The molecule has 2 aromatic rings. The molecule has 0 spiro atoms. The van der Waals surface area contributed by atoms with Crippen LogP contribution >= 0.6 is 0 Å². The van der Waals surface area contributed by atoms with Crippen molar-refractivity contribution in [2.45, 2.75) is 13.0 Å². The van der Waals surface area contributed by atoms with Gasteiger partial charge in [0.1, 0.15) is 0 Å². The fourth-order valence-corrected chi connectivity index (χ4v) is 1.80. The van der Waals surface area contributed by atoms with Crippen LogP contribution in [0.2, 0.25) is 0 Å². The van der Waals surface area contributed by atoms with Gasteiger partial charge in [0.05, 0.1) is 4.92 Å². The van der Waals surface area contributed by atoms with Gasteiger partial charge in [-0.3, -0.25) is 20.3 Å². The molecule has 1 atom stereocenters. The summed E-state index contributed by atoms with van der Waals surface area (Å²) in [4.78, 5) is 22.0. The minimum Gasteiger partial charge on any atom is -0.287 e. The van der Waals surface area contributed by atoms with Crippen LogP contribution in [0, 0.1) is 10.1 Å². The van der Waals surface area contributed by atoms with Crippen LogP contribution in [0.15, 0.2) is 54.6 Å². The maximum atomic E-state index is 11.9. The molecule has 0 heterocycles. The van der Waals surface area contributed by atoms with Crippen LogP contribution in [-0.4, -0.2) is 10.8 Å². The predicted octanol–water partition coefficient (Wildman–Crippen LogP) is 2.59. The van der Waals surface area contributed by atoms with E-state index in [9.17, 15) is 14.9 Å². The van der Waals surface area contributed by atoms with E-state index in [2.05, 4.69) is 10.9 Å². The number of benzene rings is 2. The van der Waals surface area contributed by atoms with Crippen molar-refractivity contribution < 1.29 is 9.72 Å². The molecule has 6 nitrogen and oxygen atoms in total. The van der Waals surface area contributed by atoms with Gasteiger partial charge in [-0.2, -0.15) is 0 Å². The first-order chi connectivity index (χ1) is 10.1. The first-order valence-corrected chi connectivity index (χ1v) is 6.43. The number of rotatable bonds is 5. The lowest BCUT2D eigenvalue weighted by molar-refractivity contribution is -0.384. The van der Waals surface area contributed by atoms with E-state index in [0.29, 0.717) is 5.56 Å². The van der Waals surface area contributed by atoms with Crippen LogP contribution in [-0.2, 0) is 0 Å². The zero-order valence-electron chi connectivity index (χ0n) is 11.4. The standard InChI is InChI=1S/C15H15N3O3/c1-11(12-7-9-14(10-8-12)18(20)21)16-17-15(19)13-5-3-2-4-6-13/h2-11,16H,1H3,(H,17,19)/t11-/m0/s1. The molecule has 21 heavy (non-hydrogen) atoms. The molecule has 2 rings (SSSR count). The van der Waals surface area contributed by atoms with Crippen molar-refractivity contribution in [3.8, 4) is 0 Å². The Morgan fingerprint density at radius 3 is 2.29 bits per heavy atom. The highest BCUT2D eigenvalue weighted by atomic mass is 16.6. The minimum absolute atomic E-state index is 0.0410. The third kappa shape index (κ3) is 3.87. The Bertz CT molecular complexity index is 626. The number of carbonyl (C=O) groups excluding carboxylic acids is 1. The molecule has 0 aliphatic carbocycles. The number of nitrogens with zero attached hydrogens (tertiary/aromatic N) is 1. The number of nitrogens with one attached hydrogen (secondary N) is 2. The molecule has 0 aliphatic heterocycles. The minimum atomic E-state index is -0.445. The Morgan fingerprint density at radius 2 is 1.71 bits per heavy atom. The fourth-order valence-electron chi connectivity index (χ4n) is 1.80. The first-order valence-electron chi connectivity index (χ1n) is 6.43. The third-order valence-corrected chi connectivity index (χ3v) is 3.04. The first kappa shape index (κ1) is 14.7. The molecule has 0 saturated heterocycles.